The van der Waals surface area contributed by atoms with Gasteiger partial charge >= 0.3 is 5.97 Å². The monoisotopic (exact) mass is 363 g/mol. The van der Waals surface area contributed by atoms with Gasteiger partial charge in [0.1, 0.15) is 11.6 Å². The van der Waals surface area contributed by atoms with Gasteiger partial charge in [0.2, 0.25) is 0 Å². The van der Waals surface area contributed by atoms with Gasteiger partial charge in [0.15, 0.2) is 0 Å². The molecule has 0 atom stereocenters. The minimum Gasteiger partial charge on any atom is -0.478 e. The minimum atomic E-state index is -1.15. The molecule has 1 amide bonds. The summed E-state index contributed by atoms with van der Waals surface area (Å²) in [7, 11) is 0. The van der Waals surface area contributed by atoms with Crippen LogP contribution in [-0.4, -0.2) is 30.1 Å². The third-order valence-electron chi connectivity index (χ3n) is 4.10. The minimum absolute atomic E-state index is 0.0354. The number of aromatic carboxylic acids is 1. The van der Waals surface area contributed by atoms with Gasteiger partial charge in [-0.15, -0.1) is 0 Å². The van der Waals surface area contributed by atoms with Crippen molar-refractivity contribution < 1.29 is 14.7 Å². The van der Waals surface area contributed by atoms with Crippen LogP contribution in [-0.2, 0) is 4.79 Å². The molecule has 27 heavy (non-hydrogen) atoms. The second-order valence-electron chi connectivity index (χ2n) is 5.74. The Labute approximate surface area is 158 Å². The fraction of sp³-hybridized carbons (Fsp3) is 0.190. The first kappa shape index (κ1) is 19.7. The summed E-state index contributed by atoms with van der Waals surface area (Å²) in [5.41, 5.74) is 1.78. The van der Waals surface area contributed by atoms with Crippen molar-refractivity contribution in [1.29, 1.82) is 5.26 Å². The standard InChI is InChI=1S/C21H21N3O3/c1-3-24(4-2)17-11-9-15(10-12-17)13-16(14-22)20(25)23-19-8-6-5-7-18(19)21(26)27/h5-13H,3-4H2,1-2H3,(H,23,25)(H,26,27)/b16-13+. The van der Waals surface area contributed by atoms with Crippen LogP contribution in [0.25, 0.3) is 6.08 Å². The first-order valence-corrected chi connectivity index (χ1v) is 8.60. The number of para-hydroxylation sites is 1. The molecule has 6 heteroatoms. The molecule has 0 radical (unpaired) electrons. The van der Waals surface area contributed by atoms with Crippen molar-refractivity contribution >= 4 is 29.3 Å². The topological polar surface area (TPSA) is 93.4 Å². The van der Waals surface area contributed by atoms with E-state index in [4.69, 9.17) is 0 Å². The Morgan fingerprint density at radius 2 is 1.74 bits per heavy atom. The highest BCUT2D eigenvalue weighted by molar-refractivity contribution is 6.11. The van der Waals surface area contributed by atoms with Gasteiger partial charge in [0.25, 0.3) is 5.91 Å². The smallest absolute Gasteiger partial charge is 0.337 e. The summed E-state index contributed by atoms with van der Waals surface area (Å²) in [6.45, 7) is 5.93. The van der Waals surface area contributed by atoms with E-state index in [1.165, 1.54) is 18.2 Å². The zero-order valence-electron chi connectivity index (χ0n) is 15.3. The number of benzene rings is 2. The molecular formula is C21H21N3O3. The zero-order valence-corrected chi connectivity index (χ0v) is 15.3. The van der Waals surface area contributed by atoms with Gasteiger partial charge in [-0.05, 0) is 49.8 Å². The van der Waals surface area contributed by atoms with Crippen LogP contribution in [0.5, 0.6) is 0 Å². The number of rotatable bonds is 7. The number of carboxylic acids is 1. The molecule has 6 nitrogen and oxygen atoms in total. The molecule has 2 N–H and O–H groups in total. The number of nitriles is 1. The average Bonchev–Trinajstić information content (AvgIpc) is 2.68. The number of hydrogen-bond donors (Lipinski definition) is 2. The Morgan fingerprint density at radius 1 is 1.11 bits per heavy atom. The Bertz CT molecular complexity index is 892. The van der Waals surface area contributed by atoms with Gasteiger partial charge in [0, 0.05) is 18.8 Å². The molecule has 2 aromatic carbocycles. The van der Waals surface area contributed by atoms with Crippen LogP contribution in [0.1, 0.15) is 29.8 Å². The summed E-state index contributed by atoms with van der Waals surface area (Å²) in [5, 5.41) is 21.0. The number of carbonyl (C=O) groups excluding carboxylic acids is 1. The highest BCUT2D eigenvalue weighted by atomic mass is 16.4. The van der Waals surface area contributed by atoms with E-state index in [1.54, 1.807) is 12.1 Å². The molecule has 0 saturated heterocycles. The van der Waals surface area contributed by atoms with Crippen LogP contribution in [0, 0.1) is 11.3 Å². The van der Waals surface area contributed by atoms with E-state index < -0.39 is 11.9 Å². The second-order valence-corrected chi connectivity index (χ2v) is 5.74. The molecule has 0 unspecified atom stereocenters. The van der Waals surface area contributed by atoms with Gasteiger partial charge in [-0.2, -0.15) is 5.26 Å². The van der Waals surface area contributed by atoms with Gasteiger partial charge in [-0.1, -0.05) is 24.3 Å². The number of hydrogen-bond acceptors (Lipinski definition) is 4. The average molecular weight is 363 g/mol. The lowest BCUT2D eigenvalue weighted by Crippen LogP contribution is -2.21. The van der Waals surface area contributed by atoms with Crippen LogP contribution < -0.4 is 10.2 Å². The molecular weight excluding hydrogens is 342 g/mol. The second kappa shape index (κ2) is 9.20. The van der Waals surface area contributed by atoms with Crippen LogP contribution >= 0.6 is 0 Å². The molecule has 0 saturated carbocycles. The zero-order chi connectivity index (χ0) is 19.8. The first-order chi connectivity index (χ1) is 13.0. The van der Waals surface area contributed by atoms with Crippen LogP contribution in [0.2, 0.25) is 0 Å². The summed E-state index contributed by atoms with van der Waals surface area (Å²) < 4.78 is 0. The van der Waals surface area contributed by atoms with E-state index in [2.05, 4.69) is 24.1 Å². The fourth-order valence-corrected chi connectivity index (χ4v) is 2.65. The molecule has 0 aliphatic heterocycles. The van der Waals surface area contributed by atoms with E-state index in [0.29, 0.717) is 5.56 Å². The van der Waals surface area contributed by atoms with Crippen molar-refractivity contribution in [2.24, 2.45) is 0 Å². The summed E-state index contributed by atoms with van der Waals surface area (Å²) in [6, 6.07) is 15.5. The van der Waals surface area contributed by atoms with Crippen molar-refractivity contribution in [3.63, 3.8) is 0 Å². The molecule has 2 aromatic rings. The van der Waals surface area contributed by atoms with Gasteiger partial charge in [-0.25, -0.2) is 4.79 Å². The third-order valence-corrected chi connectivity index (χ3v) is 4.10. The van der Waals surface area contributed by atoms with Gasteiger partial charge in [0.05, 0.1) is 11.3 Å². The highest BCUT2D eigenvalue weighted by Gasteiger charge is 2.14. The summed E-state index contributed by atoms with van der Waals surface area (Å²) in [6.07, 6.45) is 1.48. The maximum Gasteiger partial charge on any atom is 0.337 e. The predicted molar refractivity (Wildman–Crippen MR) is 106 cm³/mol. The number of nitrogens with one attached hydrogen (secondary N) is 1. The molecule has 0 aliphatic rings. The molecule has 138 valence electrons. The Kier molecular flexibility index (Phi) is 6.73. The first-order valence-electron chi connectivity index (χ1n) is 8.60. The maximum absolute atomic E-state index is 12.4. The quantitative estimate of drug-likeness (QED) is 0.577. The van der Waals surface area contributed by atoms with Crippen molar-refractivity contribution in [1.82, 2.24) is 0 Å². The highest BCUT2D eigenvalue weighted by Crippen LogP contribution is 2.19. The van der Waals surface area contributed by atoms with Crippen molar-refractivity contribution in [2.75, 3.05) is 23.3 Å². The molecule has 0 aromatic heterocycles. The fourth-order valence-electron chi connectivity index (χ4n) is 2.65. The lowest BCUT2D eigenvalue weighted by Gasteiger charge is -2.20. The Morgan fingerprint density at radius 3 is 2.30 bits per heavy atom. The lowest BCUT2D eigenvalue weighted by atomic mass is 10.1. The van der Waals surface area contributed by atoms with Crippen molar-refractivity contribution in [2.45, 2.75) is 13.8 Å². The maximum atomic E-state index is 12.4. The SMILES string of the molecule is CCN(CC)c1ccc(/C=C(\C#N)C(=O)Nc2ccccc2C(=O)O)cc1. The molecule has 0 spiro atoms. The van der Waals surface area contributed by atoms with Gasteiger partial charge in [-0.3, -0.25) is 4.79 Å². The predicted octanol–water partition coefficient (Wildman–Crippen LogP) is 3.78. The van der Waals surface area contributed by atoms with Crippen molar-refractivity contribution in [3.05, 3.63) is 65.2 Å². The van der Waals surface area contributed by atoms with Crippen LogP contribution in [0.4, 0.5) is 11.4 Å². The molecule has 0 heterocycles. The summed E-state index contributed by atoms with van der Waals surface area (Å²) >= 11 is 0. The normalized spacial score (nSPS) is 10.8. The van der Waals surface area contributed by atoms with Gasteiger partial charge < -0.3 is 15.3 Å². The molecule has 2 rings (SSSR count). The van der Waals surface area contributed by atoms with E-state index in [0.717, 1.165) is 18.8 Å². The van der Waals surface area contributed by atoms with E-state index >= 15 is 0 Å². The number of anilines is 2. The molecule has 0 fully saturated rings. The summed E-state index contributed by atoms with van der Waals surface area (Å²) in [5.74, 6) is -1.81. The Balaban J connectivity index is 2.22. The van der Waals surface area contributed by atoms with E-state index in [9.17, 15) is 20.0 Å². The van der Waals surface area contributed by atoms with Crippen LogP contribution in [0.15, 0.2) is 54.1 Å². The largest absolute Gasteiger partial charge is 0.478 e. The number of nitrogens with zero attached hydrogens (tertiary/aromatic N) is 2. The lowest BCUT2D eigenvalue weighted by molar-refractivity contribution is -0.112. The molecule has 0 bridgehead atoms. The van der Waals surface area contributed by atoms with E-state index in [1.807, 2.05) is 30.3 Å². The third kappa shape index (κ3) is 4.95. The number of carboxylic acid groups (broad SMARTS) is 1. The number of carbonyl (C=O) groups is 2. The summed E-state index contributed by atoms with van der Waals surface area (Å²) in [4.78, 5) is 25.8. The Hall–Kier alpha value is -3.59. The number of amides is 1. The molecule has 0 aliphatic carbocycles. The van der Waals surface area contributed by atoms with Crippen molar-refractivity contribution in [3.8, 4) is 6.07 Å². The van der Waals surface area contributed by atoms with Crippen LogP contribution in [0.3, 0.4) is 0 Å². The van der Waals surface area contributed by atoms with E-state index in [-0.39, 0.29) is 16.8 Å².